The molecule has 5 heteroatoms. The molecule has 0 aliphatic carbocycles. The first-order chi connectivity index (χ1) is 4.75. The first-order valence-corrected chi connectivity index (χ1v) is 4.27. The zero-order chi connectivity index (χ0) is 7.56. The van der Waals surface area contributed by atoms with Crippen LogP contribution in [0.3, 0.4) is 0 Å². The van der Waals surface area contributed by atoms with E-state index >= 15 is 0 Å². The minimum Gasteiger partial charge on any atom is -0.197 e. The molecule has 1 aromatic heterocycles. The largest absolute Gasteiger partial charge is 0.197 e. The zero-order valence-electron chi connectivity index (χ0n) is 5.21. The van der Waals surface area contributed by atoms with Gasteiger partial charge in [0.1, 0.15) is 4.83 Å². The van der Waals surface area contributed by atoms with Crippen LogP contribution in [0.5, 0.6) is 0 Å². The van der Waals surface area contributed by atoms with Crippen molar-refractivity contribution in [2.45, 2.75) is 11.8 Å². The molecule has 0 bridgehead atoms. The predicted molar refractivity (Wildman–Crippen MR) is 41.9 cm³/mol. The molecule has 0 saturated carbocycles. The fourth-order valence-corrected chi connectivity index (χ4v) is 1.68. The van der Waals surface area contributed by atoms with E-state index in [2.05, 4.69) is 31.6 Å². The number of hydrogen-bond donors (Lipinski definition) is 0. The van der Waals surface area contributed by atoms with Gasteiger partial charge < -0.3 is 0 Å². The summed E-state index contributed by atoms with van der Waals surface area (Å²) in [6.07, 6.45) is 0. The molecule has 1 atom stereocenters. The normalized spacial score (nSPS) is 12.5. The van der Waals surface area contributed by atoms with Gasteiger partial charge in [-0.3, -0.25) is 0 Å². The summed E-state index contributed by atoms with van der Waals surface area (Å²) in [7, 11) is 0. The Balaban J connectivity index is 2.96. The van der Waals surface area contributed by atoms with Crippen LogP contribution in [-0.2, 0) is 0 Å². The maximum absolute atomic E-state index is 8.49. The van der Waals surface area contributed by atoms with Crippen molar-refractivity contribution in [2.24, 2.45) is 0 Å². The van der Waals surface area contributed by atoms with Crippen molar-refractivity contribution in [3.63, 3.8) is 0 Å². The van der Waals surface area contributed by atoms with Crippen LogP contribution in [0.15, 0.2) is 0 Å². The molecule has 1 rings (SSSR count). The van der Waals surface area contributed by atoms with Gasteiger partial charge in [-0.25, -0.2) is 0 Å². The highest BCUT2D eigenvalue weighted by Gasteiger charge is 2.11. The van der Waals surface area contributed by atoms with E-state index in [1.165, 1.54) is 11.5 Å². The van der Waals surface area contributed by atoms with Gasteiger partial charge in [-0.15, -0.1) is 5.10 Å². The van der Waals surface area contributed by atoms with Crippen molar-refractivity contribution >= 4 is 27.5 Å². The zero-order valence-corrected chi connectivity index (χ0v) is 7.61. The third-order valence-corrected chi connectivity index (χ3v) is 2.89. The lowest BCUT2D eigenvalue weighted by molar-refractivity contribution is 1.07. The molecule has 1 heterocycles. The number of aromatic nitrogens is 2. The molecular weight excluding hydrogens is 214 g/mol. The summed E-state index contributed by atoms with van der Waals surface area (Å²) in [5.74, 6) is 0. The van der Waals surface area contributed by atoms with E-state index in [0.29, 0.717) is 0 Å². The third-order valence-electron chi connectivity index (χ3n) is 1.03. The van der Waals surface area contributed by atoms with Crippen molar-refractivity contribution in [3.8, 4) is 6.07 Å². The Bertz CT molecular complexity index is 264. The Kier molecular flexibility index (Phi) is 2.35. The van der Waals surface area contributed by atoms with Crippen molar-refractivity contribution in [1.29, 1.82) is 5.26 Å². The second kappa shape index (κ2) is 3.08. The molecule has 0 aromatic carbocycles. The first-order valence-electron chi connectivity index (χ1n) is 2.58. The average Bonchev–Trinajstić information content (AvgIpc) is 2.34. The summed E-state index contributed by atoms with van der Waals surface area (Å²) in [5, 5.41) is 12.3. The summed E-state index contributed by atoms with van der Waals surface area (Å²) in [4.78, 5) is 0.634. The molecule has 0 aliphatic heterocycles. The summed E-state index contributed by atoms with van der Waals surface area (Å²) < 4.78 is 3.70. The molecule has 3 nitrogen and oxygen atoms in total. The Morgan fingerprint density at radius 3 is 2.90 bits per heavy atom. The van der Waals surface area contributed by atoms with E-state index in [0.717, 1.165) is 10.6 Å². The monoisotopic (exact) mass is 217 g/mol. The van der Waals surface area contributed by atoms with E-state index in [1.807, 2.05) is 6.92 Å². The van der Waals surface area contributed by atoms with Crippen LogP contribution in [0.1, 0.15) is 15.4 Å². The van der Waals surface area contributed by atoms with E-state index in [9.17, 15) is 0 Å². The van der Waals surface area contributed by atoms with E-state index in [-0.39, 0.29) is 4.83 Å². The summed E-state index contributed by atoms with van der Waals surface area (Å²) in [6, 6.07) is 2.06. The van der Waals surface area contributed by atoms with Crippen LogP contribution in [0.4, 0.5) is 0 Å². The highest BCUT2D eigenvalue weighted by atomic mass is 79.9. The number of nitriles is 1. The van der Waals surface area contributed by atoms with E-state index in [4.69, 9.17) is 5.26 Å². The Morgan fingerprint density at radius 2 is 2.50 bits per heavy atom. The maximum Gasteiger partial charge on any atom is 0.139 e. The standard InChI is InChI=1S/C5H4BrN3S/c1-3-5(4(6)2-7)10-9-8-3/h4H,1H3. The molecule has 1 unspecified atom stereocenters. The quantitative estimate of drug-likeness (QED) is 0.675. The second-order valence-corrected chi connectivity index (χ2v) is 3.42. The van der Waals surface area contributed by atoms with Crippen LogP contribution >= 0.6 is 27.5 Å². The third kappa shape index (κ3) is 1.33. The summed E-state index contributed by atoms with van der Waals surface area (Å²) in [6.45, 7) is 1.84. The van der Waals surface area contributed by atoms with Gasteiger partial charge in [-0.2, -0.15) is 5.26 Å². The number of halogens is 1. The fourth-order valence-electron chi connectivity index (χ4n) is 0.529. The van der Waals surface area contributed by atoms with Crippen LogP contribution < -0.4 is 0 Å². The predicted octanol–water partition coefficient (Wildman–Crippen LogP) is 1.81. The summed E-state index contributed by atoms with van der Waals surface area (Å²) >= 11 is 4.44. The highest BCUT2D eigenvalue weighted by molar-refractivity contribution is 9.09. The molecule has 1 aromatic rings. The number of alkyl halides is 1. The Morgan fingerprint density at radius 1 is 1.80 bits per heavy atom. The molecule has 0 fully saturated rings. The minimum absolute atomic E-state index is 0.257. The van der Waals surface area contributed by atoms with Crippen LogP contribution in [0.2, 0.25) is 0 Å². The molecule has 0 radical (unpaired) electrons. The van der Waals surface area contributed by atoms with Gasteiger partial charge in [0, 0.05) is 0 Å². The average molecular weight is 218 g/mol. The van der Waals surface area contributed by atoms with Crippen LogP contribution in [0.25, 0.3) is 0 Å². The van der Waals surface area contributed by atoms with Crippen molar-refractivity contribution < 1.29 is 0 Å². The lowest BCUT2D eigenvalue weighted by Gasteiger charge is -1.92. The van der Waals surface area contributed by atoms with Gasteiger partial charge in [-0.1, -0.05) is 20.4 Å². The smallest absolute Gasteiger partial charge is 0.139 e. The molecule has 10 heavy (non-hydrogen) atoms. The molecule has 0 aliphatic rings. The van der Waals surface area contributed by atoms with Crippen molar-refractivity contribution in [3.05, 3.63) is 10.6 Å². The highest BCUT2D eigenvalue weighted by Crippen LogP contribution is 2.26. The second-order valence-electron chi connectivity index (χ2n) is 1.71. The molecule has 52 valence electrons. The van der Waals surface area contributed by atoms with Gasteiger partial charge in [0.05, 0.1) is 16.6 Å². The number of hydrogen-bond acceptors (Lipinski definition) is 4. The van der Waals surface area contributed by atoms with E-state index in [1.54, 1.807) is 0 Å². The van der Waals surface area contributed by atoms with Crippen molar-refractivity contribution in [1.82, 2.24) is 9.59 Å². The van der Waals surface area contributed by atoms with Gasteiger partial charge in [0.2, 0.25) is 0 Å². The lowest BCUT2D eigenvalue weighted by atomic mass is 10.3. The molecule has 0 spiro atoms. The lowest BCUT2D eigenvalue weighted by Crippen LogP contribution is -1.83. The SMILES string of the molecule is Cc1nnsc1C(Br)C#N. The van der Waals surface area contributed by atoms with Gasteiger partial charge in [0.15, 0.2) is 0 Å². The minimum atomic E-state index is -0.257. The molecular formula is C5H4BrN3S. The number of nitrogens with zero attached hydrogens (tertiary/aromatic N) is 3. The Hall–Kier alpha value is -0.470. The number of rotatable bonds is 1. The first kappa shape index (κ1) is 7.63. The Labute approximate surface area is 71.0 Å². The summed E-state index contributed by atoms with van der Waals surface area (Å²) in [5.41, 5.74) is 0.827. The van der Waals surface area contributed by atoms with E-state index < -0.39 is 0 Å². The topological polar surface area (TPSA) is 49.6 Å². The van der Waals surface area contributed by atoms with Gasteiger partial charge >= 0.3 is 0 Å². The van der Waals surface area contributed by atoms with Gasteiger partial charge in [-0.05, 0) is 18.5 Å². The van der Waals surface area contributed by atoms with Crippen molar-refractivity contribution in [2.75, 3.05) is 0 Å². The van der Waals surface area contributed by atoms with Crippen LogP contribution in [0, 0.1) is 18.3 Å². The fraction of sp³-hybridized carbons (Fsp3) is 0.400. The van der Waals surface area contributed by atoms with Gasteiger partial charge in [0.25, 0.3) is 0 Å². The number of aryl methyl sites for hydroxylation is 1. The molecule has 0 amide bonds. The molecule has 0 N–H and O–H groups in total. The maximum atomic E-state index is 8.49. The van der Waals surface area contributed by atoms with Crippen LogP contribution in [-0.4, -0.2) is 9.59 Å². The molecule has 0 saturated heterocycles.